The van der Waals surface area contributed by atoms with Crippen LogP contribution < -0.4 is 0 Å². The van der Waals surface area contributed by atoms with Crippen LogP contribution in [-0.2, 0) is 16.8 Å². The van der Waals surface area contributed by atoms with E-state index in [1.165, 1.54) is 5.56 Å². The number of aliphatic hydroxyl groups is 2. The lowest BCUT2D eigenvalue weighted by Gasteiger charge is -2.24. The lowest BCUT2D eigenvalue weighted by atomic mass is 9.90. The highest BCUT2D eigenvalue weighted by atomic mass is 35.5. The number of hydrogen-bond donors (Lipinski definition) is 3. The van der Waals surface area contributed by atoms with Crippen LogP contribution in [0.2, 0.25) is 5.02 Å². The van der Waals surface area contributed by atoms with Gasteiger partial charge in [0.05, 0.1) is 29.5 Å². The summed E-state index contributed by atoms with van der Waals surface area (Å²) >= 11 is 8.04. The third kappa shape index (κ3) is 9.46. The summed E-state index contributed by atoms with van der Waals surface area (Å²) in [6.07, 6.45) is 8.77. The number of nitrogens with zero attached hydrogens (tertiary/aromatic N) is 1. The maximum absolute atomic E-state index is 11.5. The molecule has 0 radical (unpaired) electrons. The summed E-state index contributed by atoms with van der Waals surface area (Å²) in [6.45, 7) is 6.57. The van der Waals surface area contributed by atoms with Gasteiger partial charge in [-0.15, -0.1) is 0 Å². The van der Waals surface area contributed by atoms with Crippen molar-refractivity contribution < 1.29 is 20.1 Å². The normalized spacial score (nSPS) is 14.5. The van der Waals surface area contributed by atoms with Crippen molar-refractivity contribution in [1.29, 1.82) is 0 Å². The van der Waals surface area contributed by atoms with E-state index in [2.05, 4.69) is 49.1 Å². The van der Waals surface area contributed by atoms with Gasteiger partial charge < -0.3 is 15.3 Å². The fraction of sp³-hybridized carbons (Fsp3) is 0.297. The molecule has 1 fully saturated rings. The van der Waals surface area contributed by atoms with Crippen molar-refractivity contribution in [2.24, 2.45) is 5.41 Å². The number of aliphatic carboxylic acids is 1. The van der Waals surface area contributed by atoms with E-state index in [0.29, 0.717) is 5.02 Å². The summed E-state index contributed by atoms with van der Waals surface area (Å²) in [4.78, 5) is 16.2. The quantitative estimate of drug-likeness (QED) is 0.135. The molecule has 3 aromatic carbocycles. The first-order valence-corrected chi connectivity index (χ1v) is 16.2. The van der Waals surface area contributed by atoms with Crippen LogP contribution in [-0.4, -0.2) is 32.0 Å². The number of benzene rings is 3. The minimum absolute atomic E-state index is 0.0814. The van der Waals surface area contributed by atoms with E-state index in [9.17, 15) is 15.0 Å². The SMILES string of the molecule is C=CO.CC(C)(O)c1ccccc1CC[C@@H](SCC1(CC(=O)O)CC1)c1cccc(/C=C/c2ccc3ccc(Cl)cc3n2)c1. The van der Waals surface area contributed by atoms with E-state index >= 15 is 0 Å². The first kappa shape index (κ1) is 33.3. The molecule has 0 saturated heterocycles. The number of aryl methyl sites for hydroxylation is 1. The van der Waals surface area contributed by atoms with Crippen LogP contribution in [0.4, 0.5) is 0 Å². The maximum Gasteiger partial charge on any atom is 0.303 e. The average Bonchev–Trinajstić information content (AvgIpc) is 3.74. The van der Waals surface area contributed by atoms with Crippen molar-refractivity contribution in [3.63, 3.8) is 0 Å². The summed E-state index contributed by atoms with van der Waals surface area (Å²) in [7, 11) is 0. The molecule has 1 aliphatic rings. The molecule has 0 bridgehead atoms. The van der Waals surface area contributed by atoms with Crippen LogP contribution >= 0.6 is 23.4 Å². The Hall–Kier alpha value is -3.58. The summed E-state index contributed by atoms with van der Waals surface area (Å²) in [6, 6.07) is 26.5. The number of thioether (sulfide) groups is 1. The molecule has 44 heavy (non-hydrogen) atoms. The van der Waals surface area contributed by atoms with Crippen LogP contribution in [0.25, 0.3) is 23.1 Å². The first-order chi connectivity index (χ1) is 21.0. The van der Waals surface area contributed by atoms with Gasteiger partial charge in [0, 0.05) is 21.4 Å². The zero-order valence-electron chi connectivity index (χ0n) is 25.2. The minimum Gasteiger partial charge on any atom is -0.516 e. The largest absolute Gasteiger partial charge is 0.516 e. The number of carboxylic acids is 1. The number of carbonyl (C=O) groups is 1. The number of carboxylic acid groups (broad SMARTS) is 1. The first-order valence-electron chi connectivity index (χ1n) is 14.8. The Balaban J connectivity index is 0.00000141. The lowest BCUT2D eigenvalue weighted by Crippen LogP contribution is -2.18. The smallest absolute Gasteiger partial charge is 0.303 e. The van der Waals surface area contributed by atoms with E-state index in [1.807, 2.05) is 74.1 Å². The van der Waals surface area contributed by atoms with E-state index in [4.69, 9.17) is 21.7 Å². The third-order valence-electron chi connectivity index (χ3n) is 7.83. The van der Waals surface area contributed by atoms with Gasteiger partial charge in [-0.2, -0.15) is 11.8 Å². The predicted molar refractivity (Wildman–Crippen MR) is 184 cm³/mol. The molecule has 0 amide bonds. The van der Waals surface area contributed by atoms with Gasteiger partial charge in [0.15, 0.2) is 0 Å². The summed E-state index contributed by atoms with van der Waals surface area (Å²) in [5.74, 6) is 0.122. The van der Waals surface area contributed by atoms with Crippen LogP contribution in [0.3, 0.4) is 0 Å². The zero-order valence-corrected chi connectivity index (χ0v) is 26.8. The molecule has 4 aromatic rings. The van der Waals surface area contributed by atoms with Crippen molar-refractivity contribution >= 4 is 52.4 Å². The van der Waals surface area contributed by atoms with Gasteiger partial charge in [0.2, 0.25) is 0 Å². The molecule has 1 aliphatic carbocycles. The highest BCUT2D eigenvalue weighted by Crippen LogP contribution is 2.53. The molecule has 1 aromatic heterocycles. The highest BCUT2D eigenvalue weighted by Gasteiger charge is 2.44. The fourth-order valence-corrected chi connectivity index (χ4v) is 7.09. The number of rotatable bonds is 12. The summed E-state index contributed by atoms with van der Waals surface area (Å²) in [5.41, 5.74) is 5.15. The van der Waals surface area contributed by atoms with E-state index in [1.54, 1.807) is 0 Å². The maximum atomic E-state index is 11.5. The van der Waals surface area contributed by atoms with Crippen LogP contribution in [0, 0.1) is 5.41 Å². The predicted octanol–water partition coefficient (Wildman–Crippen LogP) is 9.64. The van der Waals surface area contributed by atoms with E-state index in [0.717, 1.165) is 71.0 Å². The molecule has 5 nitrogen and oxygen atoms in total. The monoisotopic (exact) mass is 629 g/mol. The van der Waals surface area contributed by atoms with E-state index < -0.39 is 11.6 Å². The Labute approximate surface area is 269 Å². The Morgan fingerprint density at radius 2 is 1.80 bits per heavy atom. The molecule has 7 heteroatoms. The molecular weight excluding hydrogens is 590 g/mol. The Bertz CT molecular complexity index is 1620. The topological polar surface area (TPSA) is 90.7 Å². The number of fused-ring (bicyclic) bond motifs is 1. The van der Waals surface area contributed by atoms with Crippen LogP contribution in [0.1, 0.15) is 72.7 Å². The molecule has 0 unspecified atom stereocenters. The van der Waals surface area contributed by atoms with Gasteiger partial charge in [-0.3, -0.25) is 4.79 Å². The van der Waals surface area contributed by atoms with Crippen molar-refractivity contribution in [2.75, 3.05) is 5.75 Å². The second kappa shape index (κ2) is 14.9. The minimum atomic E-state index is -0.911. The summed E-state index contributed by atoms with van der Waals surface area (Å²) < 4.78 is 0. The van der Waals surface area contributed by atoms with Gasteiger partial charge in [-0.1, -0.05) is 84.9 Å². The number of halogens is 1. The lowest BCUT2D eigenvalue weighted by molar-refractivity contribution is -0.138. The number of aromatic nitrogens is 1. The Morgan fingerprint density at radius 3 is 2.50 bits per heavy atom. The Morgan fingerprint density at radius 1 is 1.07 bits per heavy atom. The Kier molecular flexibility index (Phi) is 11.3. The number of pyridine rings is 1. The van der Waals surface area contributed by atoms with Gasteiger partial charge >= 0.3 is 5.97 Å². The van der Waals surface area contributed by atoms with Gasteiger partial charge in [-0.25, -0.2) is 4.98 Å². The number of aliphatic hydroxyl groups excluding tert-OH is 1. The molecule has 3 N–H and O–H groups in total. The van der Waals surface area contributed by atoms with Gasteiger partial charge in [0.1, 0.15) is 0 Å². The number of hydrogen-bond acceptors (Lipinski definition) is 5. The molecule has 5 rings (SSSR count). The molecule has 0 aliphatic heterocycles. The second-order valence-corrected chi connectivity index (χ2v) is 13.5. The standard InChI is InChI=1S/C35H36ClNO3S.C2H4O/c1-34(2,40)30-9-4-3-7-25(30)13-17-32(41-23-35(18-19-35)22-33(38)39)27-8-5-6-24(20-27)10-15-29-16-12-26-11-14-28(36)21-31(26)37-29;1-2-3/h3-12,14-16,20-21,32,40H,13,17-19,22-23H2,1-2H3,(H,38,39);2-3H,1H2/b15-10+;/t32-;/m1./s1. The average molecular weight is 630 g/mol. The second-order valence-electron chi connectivity index (χ2n) is 11.9. The van der Waals surface area contributed by atoms with Crippen molar-refractivity contribution in [1.82, 2.24) is 4.98 Å². The van der Waals surface area contributed by atoms with E-state index in [-0.39, 0.29) is 17.1 Å². The molecule has 1 saturated carbocycles. The van der Waals surface area contributed by atoms with Crippen LogP contribution in [0.5, 0.6) is 0 Å². The molecular formula is C37H40ClNO4S. The van der Waals surface area contributed by atoms with Crippen LogP contribution in [0.15, 0.2) is 91.7 Å². The zero-order chi connectivity index (χ0) is 31.7. The molecule has 1 atom stereocenters. The fourth-order valence-electron chi connectivity index (χ4n) is 5.36. The molecule has 230 valence electrons. The van der Waals surface area contributed by atoms with Gasteiger partial charge in [0.25, 0.3) is 0 Å². The molecule has 0 spiro atoms. The van der Waals surface area contributed by atoms with Crippen molar-refractivity contribution in [3.05, 3.63) is 125 Å². The van der Waals surface area contributed by atoms with Crippen molar-refractivity contribution in [3.8, 4) is 0 Å². The molecule has 1 heterocycles. The van der Waals surface area contributed by atoms with Gasteiger partial charge in [-0.05, 0) is 91.5 Å². The van der Waals surface area contributed by atoms with Crippen molar-refractivity contribution in [2.45, 2.75) is 56.8 Å². The third-order valence-corrected chi connectivity index (χ3v) is 9.76. The highest BCUT2D eigenvalue weighted by molar-refractivity contribution is 7.99. The summed E-state index contributed by atoms with van der Waals surface area (Å²) in [5, 5.41) is 29.4.